The van der Waals surface area contributed by atoms with Gasteiger partial charge in [0.05, 0.1) is 25.0 Å². The van der Waals surface area contributed by atoms with Gasteiger partial charge in [0.15, 0.2) is 5.65 Å². The highest BCUT2D eigenvalue weighted by molar-refractivity contribution is 5.71. The van der Waals surface area contributed by atoms with Crippen molar-refractivity contribution >= 4 is 22.8 Å². The molecule has 33 heavy (non-hydrogen) atoms. The van der Waals surface area contributed by atoms with Crippen LogP contribution in [0, 0.1) is 12.3 Å². The van der Waals surface area contributed by atoms with Crippen LogP contribution in [0.2, 0.25) is 0 Å². The lowest BCUT2D eigenvalue weighted by Crippen LogP contribution is -2.58. The van der Waals surface area contributed by atoms with Gasteiger partial charge < -0.3 is 14.5 Å². The molecule has 0 bridgehead atoms. The fourth-order valence-electron chi connectivity index (χ4n) is 5.10. The molecule has 6 heterocycles. The number of rotatable bonds is 3. The second-order valence-electron chi connectivity index (χ2n) is 9.26. The van der Waals surface area contributed by atoms with Crippen molar-refractivity contribution in [1.29, 1.82) is 0 Å². The minimum Gasteiger partial charge on any atom is -0.379 e. The number of aryl methyl sites for hydroxylation is 1. The SMILES string of the molecule is Cc1cc(N2CC3(CCN(c4cnc5cnn([C@H]6CCOC6)c5n4)C3)C2)nc(C(F)(F)F)n1. The Morgan fingerprint density at radius 3 is 2.64 bits per heavy atom. The molecule has 3 fully saturated rings. The molecule has 6 rings (SSSR count). The summed E-state index contributed by atoms with van der Waals surface area (Å²) in [6.07, 6.45) is 0.804. The summed E-state index contributed by atoms with van der Waals surface area (Å²) < 4.78 is 46.7. The van der Waals surface area contributed by atoms with Gasteiger partial charge in [-0.05, 0) is 19.8 Å². The summed E-state index contributed by atoms with van der Waals surface area (Å²) in [6.45, 7) is 5.83. The fraction of sp³-hybridized carbons (Fsp3) is 0.571. The maximum Gasteiger partial charge on any atom is 0.451 e. The second kappa shape index (κ2) is 7.24. The zero-order valence-corrected chi connectivity index (χ0v) is 18.1. The van der Waals surface area contributed by atoms with Crippen molar-refractivity contribution < 1.29 is 17.9 Å². The van der Waals surface area contributed by atoms with E-state index in [2.05, 4.69) is 25.0 Å². The van der Waals surface area contributed by atoms with Gasteiger partial charge in [-0.2, -0.15) is 18.3 Å². The van der Waals surface area contributed by atoms with Crippen molar-refractivity contribution in [2.45, 2.75) is 32.0 Å². The largest absolute Gasteiger partial charge is 0.451 e. The summed E-state index contributed by atoms with van der Waals surface area (Å²) in [5, 5.41) is 4.47. The smallest absolute Gasteiger partial charge is 0.379 e. The third-order valence-corrected chi connectivity index (χ3v) is 6.77. The Hall–Kier alpha value is -3.02. The molecule has 3 aliphatic rings. The summed E-state index contributed by atoms with van der Waals surface area (Å²) in [5.41, 5.74) is 1.84. The molecule has 3 aromatic heterocycles. The van der Waals surface area contributed by atoms with E-state index < -0.39 is 12.0 Å². The summed E-state index contributed by atoms with van der Waals surface area (Å²) in [5.74, 6) is 0.0536. The lowest BCUT2D eigenvalue weighted by Gasteiger charge is -2.48. The predicted molar refractivity (Wildman–Crippen MR) is 113 cm³/mol. The first-order chi connectivity index (χ1) is 15.8. The molecule has 0 unspecified atom stereocenters. The number of aromatic nitrogens is 6. The summed E-state index contributed by atoms with van der Waals surface area (Å²) >= 11 is 0. The van der Waals surface area contributed by atoms with E-state index in [0.29, 0.717) is 31.2 Å². The van der Waals surface area contributed by atoms with E-state index in [0.717, 1.165) is 49.5 Å². The lowest BCUT2D eigenvalue weighted by molar-refractivity contribution is -0.145. The Bertz CT molecular complexity index is 1200. The molecule has 0 N–H and O–H groups in total. The van der Waals surface area contributed by atoms with Crippen LogP contribution in [0.1, 0.15) is 30.4 Å². The van der Waals surface area contributed by atoms with Crippen LogP contribution in [-0.4, -0.2) is 69.1 Å². The lowest BCUT2D eigenvalue weighted by atomic mass is 9.79. The summed E-state index contributed by atoms with van der Waals surface area (Å²) in [4.78, 5) is 20.8. The van der Waals surface area contributed by atoms with E-state index in [4.69, 9.17) is 9.72 Å². The summed E-state index contributed by atoms with van der Waals surface area (Å²) in [6, 6.07) is 1.79. The Kier molecular flexibility index (Phi) is 4.51. The van der Waals surface area contributed by atoms with Gasteiger partial charge in [0.2, 0.25) is 5.82 Å². The molecule has 9 nitrogen and oxygen atoms in total. The van der Waals surface area contributed by atoms with E-state index >= 15 is 0 Å². The van der Waals surface area contributed by atoms with Crippen LogP contribution in [0.25, 0.3) is 11.2 Å². The zero-order valence-electron chi connectivity index (χ0n) is 18.1. The molecular formula is C21H23F3N8O. The molecule has 12 heteroatoms. The third-order valence-electron chi connectivity index (χ3n) is 6.77. The maximum absolute atomic E-state index is 13.1. The van der Waals surface area contributed by atoms with E-state index in [-0.39, 0.29) is 11.5 Å². The van der Waals surface area contributed by atoms with Crippen molar-refractivity contribution in [2.24, 2.45) is 5.41 Å². The molecule has 1 spiro atoms. The fourth-order valence-corrected chi connectivity index (χ4v) is 5.10. The molecule has 0 amide bonds. The van der Waals surface area contributed by atoms with Gasteiger partial charge in [0.1, 0.15) is 17.2 Å². The van der Waals surface area contributed by atoms with Crippen molar-refractivity contribution in [2.75, 3.05) is 49.2 Å². The molecule has 3 aromatic rings. The van der Waals surface area contributed by atoms with E-state index in [1.807, 2.05) is 9.58 Å². The topological polar surface area (TPSA) is 85.1 Å². The molecule has 1 atom stereocenters. The van der Waals surface area contributed by atoms with Crippen molar-refractivity contribution in [1.82, 2.24) is 29.7 Å². The molecule has 0 aromatic carbocycles. The van der Waals surface area contributed by atoms with Gasteiger partial charge in [0, 0.05) is 50.0 Å². The van der Waals surface area contributed by atoms with Crippen LogP contribution < -0.4 is 9.80 Å². The highest BCUT2D eigenvalue weighted by Gasteiger charge is 2.49. The number of alkyl halides is 3. The Balaban J connectivity index is 1.18. The van der Waals surface area contributed by atoms with Crippen LogP contribution in [-0.2, 0) is 10.9 Å². The first-order valence-electron chi connectivity index (χ1n) is 11.0. The standard InChI is InChI=1S/C21H23F3N8O/c1-13-6-16(29-19(27-13)21(22,23)24)31-11-20(12-31)3-4-30(10-20)17-8-25-15-7-26-32(18(15)28-17)14-2-5-33-9-14/h6-8,14H,2-5,9-12H2,1H3/t14-/m0/s1. The second-order valence-corrected chi connectivity index (χ2v) is 9.26. The van der Waals surface area contributed by atoms with Crippen molar-refractivity contribution in [3.05, 3.63) is 30.0 Å². The highest BCUT2D eigenvalue weighted by Crippen LogP contribution is 2.43. The number of fused-ring (bicyclic) bond motifs is 1. The Morgan fingerprint density at radius 1 is 1.06 bits per heavy atom. The molecular weight excluding hydrogens is 437 g/mol. The van der Waals surface area contributed by atoms with E-state index in [9.17, 15) is 13.2 Å². The first-order valence-corrected chi connectivity index (χ1v) is 11.0. The van der Waals surface area contributed by atoms with E-state index in [1.165, 1.54) is 0 Å². The quantitative estimate of drug-likeness (QED) is 0.590. The zero-order chi connectivity index (χ0) is 22.8. The number of anilines is 2. The number of hydrogen-bond acceptors (Lipinski definition) is 8. The minimum atomic E-state index is -4.55. The van der Waals surface area contributed by atoms with Gasteiger partial charge in [-0.1, -0.05) is 0 Å². The van der Waals surface area contributed by atoms with Crippen LogP contribution >= 0.6 is 0 Å². The first kappa shape index (κ1) is 20.6. The Labute approximate surface area is 187 Å². The molecule has 174 valence electrons. The molecule has 3 saturated heterocycles. The van der Waals surface area contributed by atoms with E-state index in [1.54, 1.807) is 25.4 Å². The monoisotopic (exact) mass is 460 g/mol. The van der Waals surface area contributed by atoms with Crippen LogP contribution in [0.5, 0.6) is 0 Å². The average molecular weight is 460 g/mol. The predicted octanol–water partition coefficient (Wildman–Crippen LogP) is 2.62. The number of hydrogen-bond donors (Lipinski definition) is 0. The van der Waals surface area contributed by atoms with Gasteiger partial charge in [-0.15, -0.1) is 0 Å². The number of ether oxygens (including phenoxy) is 1. The maximum atomic E-state index is 13.1. The van der Waals surface area contributed by atoms with Crippen LogP contribution in [0.3, 0.4) is 0 Å². The number of nitrogens with zero attached hydrogens (tertiary/aromatic N) is 8. The highest BCUT2D eigenvalue weighted by atomic mass is 19.4. The van der Waals surface area contributed by atoms with Crippen LogP contribution in [0.15, 0.2) is 18.5 Å². The van der Waals surface area contributed by atoms with Gasteiger partial charge in [-0.25, -0.2) is 24.6 Å². The number of halogens is 3. The molecule has 0 radical (unpaired) electrons. The van der Waals surface area contributed by atoms with Gasteiger partial charge in [0.25, 0.3) is 0 Å². The third kappa shape index (κ3) is 3.56. The van der Waals surface area contributed by atoms with Gasteiger partial charge in [-0.3, -0.25) is 0 Å². The average Bonchev–Trinajstić information content (AvgIpc) is 3.49. The normalized spacial score (nSPS) is 22.5. The summed E-state index contributed by atoms with van der Waals surface area (Å²) in [7, 11) is 0. The molecule has 0 aliphatic carbocycles. The van der Waals surface area contributed by atoms with Crippen molar-refractivity contribution in [3.8, 4) is 0 Å². The van der Waals surface area contributed by atoms with Crippen molar-refractivity contribution in [3.63, 3.8) is 0 Å². The molecule has 0 saturated carbocycles. The van der Waals surface area contributed by atoms with Crippen LogP contribution in [0.4, 0.5) is 24.8 Å². The Morgan fingerprint density at radius 2 is 1.88 bits per heavy atom. The van der Waals surface area contributed by atoms with Gasteiger partial charge >= 0.3 is 6.18 Å². The molecule has 3 aliphatic heterocycles. The minimum absolute atomic E-state index is 0.00737.